The average Bonchev–Trinajstić information content (AvgIpc) is 3.14. The van der Waals surface area contributed by atoms with Crippen LogP contribution < -0.4 is 0 Å². The summed E-state index contributed by atoms with van der Waals surface area (Å²) in [6.45, 7) is 0. The average molecular weight is 354 g/mol. The number of benzene rings is 3. The number of nitrogens with one attached hydrogen (secondary N) is 1. The van der Waals surface area contributed by atoms with Gasteiger partial charge in [-0.15, -0.1) is 0 Å². The van der Waals surface area contributed by atoms with Gasteiger partial charge in [-0.2, -0.15) is 0 Å². The van der Waals surface area contributed by atoms with E-state index in [9.17, 15) is 0 Å². The molecule has 0 radical (unpaired) electrons. The standard InChI is InChI=1S/C23H18N2S/c1-4-10-18(11-5-1)16-17-26-23-24-21(19-12-6-2-7-13-19)22(25-23)20-14-8-3-9-15-20/h1-17H,(H,24,25)/b17-16-. The third-order valence-electron chi connectivity index (χ3n) is 4.03. The quantitative estimate of drug-likeness (QED) is 0.414. The largest absolute Gasteiger partial charge is 0.332 e. The first-order valence-electron chi connectivity index (χ1n) is 8.49. The molecule has 0 amide bonds. The monoisotopic (exact) mass is 354 g/mol. The Kier molecular flexibility index (Phi) is 4.99. The molecule has 1 N–H and O–H groups in total. The van der Waals surface area contributed by atoms with Crippen molar-refractivity contribution in [2.24, 2.45) is 0 Å². The van der Waals surface area contributed by atoms with E-state index in [0.29, 0.717) is 0 Å². The Bertz CT molecular complexity index is 933. The van der Waals surface area contributed by atoms with Gasteiger partial charge in [-0.3, -0.25) is 0 Å². The molecule has 2 nitrogen and oxygen atoms in total. The summed E-state index contributed by atoms with van der Waals surface area (Å²) in [7, 11) is 0. The maximum atomic E-state index is 4.84. The summed E-state index contributed by atoms with van der Waals surface area (Å²) >= 11 is 1.59. The van der Waals surface area contributed by atoms with Crippen LogP contribution in [-0.4, -0.2) is 9.97 Å². The summed E-state index contributed by atoms with van der Waals surface area (Å²) < 4.78 is 0. The molecule has 0 atom stereocenters. The Hall–Kier alpha value is -3.04. The van der Waals surface area contributed by atoms with E-state index in [1.807, 2.05) is 54.6 Å². The number of rotatable bonds is 5. The van der Waals surface area contributed by atoms with E-state index in [1.54, 1.807) is 11.8 Å². The maximum absolute atomic E-state index is 4.84. The van der Waals surface area contributed by atoms with Gasteiger partial charge in [-0.1, -0.05) is 103 Å². The lowest BCUT2D eigenvalue weighted by atomic mass is 10.1. The van der Waals surface area contributed by atoms with Crippen molar-refractivity contribution in [3.8, 4) is 22.5 Å². The number of aromatic nitrogens is 2. The fourth-order valence-corrected chi connectivity index (χ4v) is 3.43. The molecule has 0 saturated carbocycles. The van der Waals surface area contributed by atoms with Gasteiger partial charge < -0.3 is 4.98 Å². The van der Waals surface area contributed by atoms with Crippen LogP contribution in [0.1, 0.15) is 5.56 Å². The Morgan fingerprint density at radius 3 is 1.92 bits per heavy atom. The van der Waals surface area contributed by atoms with E-state index >= 15 is 0 Å². The van der Waals surface area contributed by atoms with E-state index < -0.39 is 0 Å². The summed E-state index contributed by atoms with van der Waals surface area (Å²) in [4.78, 5) is 8.33. The molecular weight excluding hydrogens is 336 g/mol. The van der Waals surface area contributed by atoms with Gasteiger partial charge in [0.2, 0.25) is 0 Å². The minimum atomic E-state index is 0.884. The van der Waals surface area contributed by atoms with Gasteiger partial charge in [-0.05, 0) is 17.0 Å². The molecule has 0 spiro atoms. The highest BCUT2D eigenvalue weighted by molar-refractivity contribution is 8.02. The number of hydrogen-bond donors (Lipinski definition) is 1. The normalized spacial score (nSPS) is 11.1. The number of hydrogen-bond acceptors (Lipinski definition) is 2. The van der Waals surface area contributed by atoms with Gasteiger partial charge in [-0.25, -0.2) is 4.98 Å². The van der Waals surface area contributed by atoms with Gasteiger partial charge in [0.05, 0.1) is 11.4 Å². The van der Waals surface area contributed by atoms with Gasteiger partial charge >= 0.3 is 0 Å². The molecular formula is C23H18N2S. The van der Waals surface area contributed by atoms with E-state index in [4.69, 9.17) is 4.98 Å². The van der Waals surface area contributed by atoms with Crippen LogP contribution in [0.2, 0.25) is 0 Å². The predicted molar refractivity (Wildman–Crippen MR) is 111 cm³/mol. The molecule has 1 aromatic heterocycles. The zero-order chi connectivity index (χ0) is 17.6. The van der Waals surface area contributed by atoms with Gasteiger partial charge in [0, 0.05) is 11.1 Å². The fraction of sp³-hybridized carbons (Fsp3) is 0. The van der Waals surface area contributed by atoms with Gasteiger partial charge in [0.15, 0.2) is 5.16 Å². The zero-order valence-electron chi connectivity index (χ0n) is 14.2. The van der Waals surface area contributed by atoms with Crippen molar-refractivity contribution >= 4 is 17.8 Å². The molecule has 0 aliphatic carbocycles. The number of imidazole rings is 1. The number of H-pyrrole nitrogens is 1. The van der Waals surface area contributed by atoms with Crippen LogP contribution in [0.4, 0.5) is 0 Å². The molecule has 4 rings (SSSR count). The van der Waals surface area contributed by atoms with Crippen LogP contribution in [0.5, 0.6) is 0 Å². The van der Waals surface area contributed by atoms with Crippen LogP contribution in [-0.2, 0) is 0 Å². The third-order valence-corrected chi connectivity index (χ3v) is 4.72. The summed E-state index contributed by atoms with van der Waals surface area (Å²) in [5, 5.41) is 2.95. The van der Waals surface area contributed by atoms with Crippen molar-refractivity contribution in [3.05, 3.63) is 102 Å². The Morgan fingerprint density at radius 1 is 0.692 bits per heavy atom. The molecule has 0 saturated heterocycles. The molecule has 26 heavy (non-hydrogen) atoms. The molecule has 3 aromatic carbocycles. The minimum absolute atomic E-state index is 0.884. The number of aromatic amines is 1. The maximum Gasteiger partial charge on any atom is 0.170 e. The van der Waals surface area contributed by atoms with Crippen molar-refractivity contribution in [3.63, 3.8) is 0 Å². The van der Waals surface area contributed by atoms with Crippen LogP contribution in [0.25, 0.3) is 28.6 Å². The highest BCUT2D eigenvalue weighted by Gasteiger charge is 2.13. The number of thioether (sulfide) groups is 1. The first-order valence-corrected chi connectivity index (χ1v) is 9.37. The van der Waals surface area contributed by atoms with E-state index in [1.165, 1.54) is 5.56 Å². The molecule has 0 aliphatic rings. The van der Waals surface area contributed by atoms with Crippen molar-refractivity contribution in [2.75, 3.05) is 0 Å². The van der Waals surface area contributed by atoms with Crippen molar-refractivity contribution in [2.45, 2.75) is 5.16 Å². The Labute approximate surface area is 157 Å². The SMILES string of the molecule is C(=C/c1ccccc1)/Sc1nc(-c2ccccc2)c(-c2ccccc2)[nH]1. The third kappa shape index (κ3) is 3.79. The number of nitrogens with zero attached hydrogens (tertiary/aromatic N) is 1. The lowest BCUT2D eigenvalue weighted by molar-refractivity contribution is 1.07. The van der Waals surface area contributed by atoms with Gasteiger partial charge in [0.25, 0.3) is 0 Å². The van der Waals surface area contributed by atoms with Crippen LogP contribution in [0, 0.1) is 0 Å². The van der Waals surface area contributed by atoms with E-state index in [-0.39, 0.29) is 0 Å². The molecule has 3 heteroatoms. The summed E-state index contributed by atoms with van der Waals surface area (Å²) in [5.41, 5.74) is 5.46. The molecule has 0 unspecified atom stereocenters. The second-order valence-corrected chi connectivity index (χ2v) is 6.72. The van der Waals surface area contributed by atoms with Crippen molar-refractivity contribution in [1.82, 2.24) is 9.97 Å². The van der Waals surface area contributed by atoms with Crippen LogP contribution in [0.15, 0.2) is 102 Å². The summed E-state index contributed by atoms with van der Waals surface area (Å²) in [5.74, 6) is 0. The van der Waals surface area contributed by atoms with Gasteiger partial charge in [0.1, 0.15) is 0 Å². The van der Waals surface area contributed by atoms with Crippen molar-refractivity contribution in [1.29, 1.82) is 0 Å². The first-order chi connectivity index (χ1) is 12.9. The lowest BCUT2D eigenvalue weighted by Crippen LogP contribution is -1.82. The molecule has 1 heterocycles. The Morgan fingerprint density at radius 2 is 1.27 bits per heavy atom. The smallest absolute Gasteiger partial charge is 0.170 e. The second-order valence-electron chi connectivity index (χ2n) is 5.83. The topological polar surface area (TPSA) is 28.7 Å². The molecule has 126 valence electrons. The first kappa shape index (κ1) is 16.4. The predicted octanol–water partition coefficient (Wildman–Crippen LogP) is 6.51. The summed E-state index contributed by atoms with van der Waals surface area (Å²) in [6, 6.07) is 30.9. The minimum Gasteiger partial charge on any atom is -0.332 e. The molecule has 0 aliphatic heterocycles. The van der Waals surface area contributed by atoms with Crippen LogP contribution >= 0.6 is 11.8 Å². The van der Waals surface area contributed by atoms with Crippen LogP contribution in [0.3, 0.4) is 0 Å². The zero-order valence-corrected chi connectivity index (χ0v) is 15.0. The van der Waals surface area contributed by atoms with E-state index in [2.05, 4.69) is 52.9 Å². The van der Waals surface area contributed by atoms with Crippen molar-refractivity contribution < 1.29 is 0 Å². The lowest BCUT2D eigenvalue weighted by Gasteiger charge is -2.02. The Balaban J connectivity index is 1.66. The van der Waals surface area contributed by atoms with E-state index in [0.717, 1.165) is 27.7 Å². The molecule has 4 aromatic rings. The fourth-order valence-electron chi connectivity index (χ4n) is 2.77. The highest BCUT2D eigenvalue weighted by atomic mass is 32.2. The molecule has 0 fully saturated rings. The summed E-state index contributed by atoms with van der Waals surface area (Å²) in [6.07, 6.45) is 2.09. The second kappa shape index (κ2) is 7.89. The highest BCUT2D eigenvalue weighted by Crippen LogP contribution is 2.32. The molecule has 0 bridgehead atoms.